The molecule has 3 aromatic rings. The van der Waals surface area contributed by atoms with Crippen molar-refractivity contribution in [3.8, 4) is 0 Å². The first-order valence-corrected chi connectivity index (χ1v) is 13.0. The molecule has 0 bridgehead atoms. The Morgan fingerprint density at radius 3 is 2.59 bits per heavy atom. The van der Waals surface area contributed by atoms with Gasteiger partial charge in [-0.1, -0.05) is 49.2 Å². The van der Waals surface area contributed by atoms with Crippen molar-refractivity contribution in [3.05, 3.63) is 101 Å². The van der Waals surface area contributed by atoms with Gasteiger partial charge in [-0.25, -0.2) is 8.78 Å². The highest BCUT2D eigenvalue weighted by Crippen LogP contribution is 2.26. The van der Waals surface area contributed by atoms with Crippen LogP contribution in [0.15, 0.2) is 66.7 Å². The Morgan fingerprint density at radius 1 is 0.941 bits per heavy atom. The van der Waals surface area contributed by atoms with E-state index in [0.29, 0.717) is 0 Å². The lowest BCUT2D eigenvalue weighted by Gasteiger charge is -2.37. The topological polar surface area (TPSA) is 27.3 Å². The molecule has 1 aliphatic rings. The molecule has 1 unspecified atom stereocenters. The van der Waals surface area contributed by atoms with E-state index < -0.39 is 0 Å². The van der Waals surface area contributed by atoms with E-state index in [1.165, 1.54) is 23.3 Å². The van der Waals surface area contributed by atoms with Crippen LogP contribution in [-0.4, -0.2) is 29.8 Å². The van der Waals surface area contributed by atoms with Crippen molar-refractivity contribution >= 4 is 17.6 Å². The van der Waals surface area contributed by atoms with E-state index in [9.17, 15) is 8.78 Å². The molecule has 1 heterocycles. The summed E-state index contributed by atoms with van der Waals surface area (Å²) in [6.07, 6.45) is 2.77. The van der Waals surface area contributed by atoms with E-state index in [-0.39, 0.29) is 17.7 Å². The Kier molecular flexibility index (Phi) is 8.97. The predicted octanol–water partition coefficient (Wildman–Crippen LogP) is 6.19. The fourth-order valence-corrected chi connectivity index (χ4v) is 5.06. The number of anilines is 1. The molecule has 4 rings (SSSR count). The number of rotatable bonds is 11. The molecule has 0 spiro atoms. The molecule has 0 aliphatic carbocycles. The zero-order chi connectivity index (χ0) is 23.8. The summed E-state index contributed by atoms with van der Waals surface area (Å²) in [4.78, 5) is 2.47. The van der Waals surface area contributed by atoms with E-state index in [2.05, 4.69) is 46.1 Å². The van der Waals surface area contributed by atoms with Gasteiger partial charge in [0.15, 0.2) is 0 Å². The molecule has 1 atom stereocenters. The number of halogens is 2. The summed E-state index contributed by atoms with van der Waals surface area (Å²) in [6, 6.07) is 20.6. The van der Waals surface area contributed by atoms with Crippen molar-refractivity contribution in [1.29, 1.82) is 0 Å². The van der Waals surface area contributed by atoms with Crippen LogP contribution in [0.5, 0.6) is 0 Å². The third-order valence-electron chi connectivity index (χ3n) is 6.23. The maximum Gasteiger partial charge on any atom is 0.123 e. The van der Waals surface area contributed by atoms with Gasteiger partial charge in [0.1, 0.15) is 11.6 Å². The molecule has 34 heavy (non-hydrogen) atoms. The van der Waals surface area contributed by atoms with Crippen LogP contribution in [0.2, 0.25) is 0 Å². The van der Waals surface area contributed by atoms with Crippen molar-refractivity contribution in [3.63, 3.8) is 0 Å². The highest BCUT2D eigenvalue weighted by molar-refractivity contribution is 8.00. The predicted molar refractivity (Wildman–Crippen MR) is 139 cm³/mol. The fourth-order valence-electron chi connectivity index (χ4n) is 4.46. The Morgan fingerprint density at radius 2 is 1.76 bits per heavy atom. The van der Waals surface area contributed by atoms with Crippen molar-refractivity contribution in [1.82, 2.24) is 10.2 Å². The van der Waals surface area contributed by atoms with E-state index in [1.54, 1.807) is 24.1 Å². The maximum absolute atomic E-state index is 13.8. The molecular formula is C28H33F2N3S. The first-order chi connectivity index (χ1) is 16.6. The summed E-state index contributed by atoms with van der Waals surface area (Å²) < 4.78 is 30.6. The van der Waals surface area contributed by atoms with Gasteiger partial charge in [0.2, 0.25) is 0 Å². The Bertz CT molecular complexity index is 1060. The zero-order valence-electron chi connectivity index (χ0n) is 19.7. The molecule has 0 saturated carbocycles. The second-order valence-corrected chi connectivity index (χ2v) is 9.80. The number of hydrogen-bond acceptors (Lipinski definition) is 4. The van der Waals surface area contributed by atoms with Gasteiger partial charge in [-0.05, 0) is 77.9 Å². The average Bonchev–Trinajstić information content (AvgIpc) is 2.84. The third kappa shape index (κ3) is 7.05. The summed E-state index contributed by atoms with van der Waals surface area (Å²) >= 11 is 1.74. The molecule has 6 heteroatoms. The summed E-state index contributed by atoms with van der Waals surface area (Å²) in [7, 11) is 0. The highest BCUT2D eigenvalue weighted by atomic mass is 32.2. The van der Waals surface area contributed by atoms with Crippen LogP contribution in [0.25, 0.3) is 0 Å². The van der Waals surface area contributed by atoms with Crippen molar-refractivity contribution in [2.45, 2.75) is 45.3 Å². The van der Waals surface area contributed by atoms with Crippen molar-refractivity contribution in [2.24, 2.45) is 0 Å². The lowest BCUT2D eigenvalue weighted by Crippen LogP contribution is -2.44. The zero-order valence-corrected chi connectivity index (χ0v) is 20.5. The van der Waals surface area contributed by atoms with Crippen LogP contribution in [0.1, 0.15) is 35.6 Å². The number of fused-ring (bicyclic) bond motifs is 1. The highest BCUT2D eigenvalue weighted by Gasteiger charge is 2.26. The molecule has 3 nitrogen and oxygen atoms in total. The van der Waals surface area contributed by atoms with E-state index in [0.717, 1.165) is 68.0 Å². The molecule has 0 radical (unpaired) electrons. The quantitative estimate of drug-likeness (QED) is 0.252. The third-order valence-corrected chi connectivity index (χ3v) is 7.22. The average molecular weight is 482 g/mol. The molecular weight excluding hydrogens is 448 g/mol. The minimum atomic E-state index is -0.218. The van der Waals surface area contributed by atoms with E-state index >= 15 is 0 Å². The molecule has 180 valence electrons. The largest absolute Gasteiger partial charge is 0.330 e. The van der Waals surface area contributed by atoms with Crippen LogP contribution in [0.3, 0.4) is 0 Å². The summed E-state index contributed by atoms with van der Waals surface area (Å²) in [5.41, 5.74) is 5.78. The molecule has 0 amide bonds. The Balaban J connectivity index is 1.35. The first-order valence-electron chi connectivity index (χ1n) is 12.0. The normalized spacial score (nSPS) is 15.8. The molecule has 0 aromatic heterocycles. The van der Waals surface area contributed by atoms with Gasteiger partial charge in [-0.15, -0.1) is 0 Å². The molecule has 3 aromatic carbocycles. The van der Waals surface area contributed by atoms with Gasteiger partial charge in [0.05, 0.1) is 0 Å². The van der Waals surface area contributed by atoms with Crippen LogP contribution in [0.4, 0.5) is 14.5 Å². The molecule has 0 fully saturated rings. The summed E-state index contributed by atoms with van der Waals surface area (Å²) in [6.45, 7) is 5.55. The van der Waals surface area contributed by atoms with Gasteiger partial charge in [-0.2, -0.15) is 0 Å². The van der Waals surface area contributed by atoms with Gasteiger partial charge in [-0.3, -0.25) is 4.90 Å². The number of nitrogens with one attached hydrogen (secondary N) is 2. The SMILES string of the molecule is CCCSNc1cccc(CNCCN2Cc3ccc(F)cc3CC2Cc2ccc(F)cc2)c1. The second kappa shape index (κ2) is 12.3. The lowest BCUT2D eigenvalue weighted by molar-refractivity contribution is 0.170. The van der Waals surface area contributed by atoms with Crippen LogP contribution in [0, 0.1) is 11.6 Å². The lowest BCUT2D eigenvalue weighted by atomic mass is 9.90. The number of nitrogens with zero attached hydrogens (tertiary/aromatic N) is 1. The maximum atomic E-state index is 13.8. The fraction of sp³-hybridized carbons (Fsp3) is 0.357. The number of benzene rings is 3. The van der Waals surface area contributed by atoms with Gasteiger partial charge in [0, 0.05) is 43.7 Å². The minimum absolute atomic E-state index is 0.181. The van der Waals surface area contributed by atoms with E-state index in [4.69, 9.17) is 0 Å². The minimum Gasteiger partial charge on any atom is -0.330 e. The second-order valence-electron chi connectivity index (χ2n) is 8.90. The van der Waals surface area contributed by atoms with Crippen molar-refractivity contribution in [2.75, 3.05) is 23.6 Å². The Hall–Kier alpha value is -2.41. The Labute approximate surface area is 206 Å². The summed E-state index contributed by atoms with van der Waals surface area (Å²) in [5.74, 6) is 0.691. The van der Waals surface area contributed by atoms with Crippen molar-refractivity contribution < 1.29 is 8.78 Å². The van der Waals surface area contributed by atoms with Gasteiger partial charge < -0.3 is 10.0 Å². The monoisotopic (exact) mass is 481 g/mol. The molecule has 2 N–H and O–H groups in total. The van der Waals surface area contributed by atoms with Gasteiger partial charge in [0.25, 0.3) is 0 Å². The number of hydrogen-bond donors (Lipinski definition) is 2. The van der Waals surface area contributed by atoms with Crippen LogP contribution < -0.4 is 10.0 Å². The molecule has 0 saturated heterocycles. The summed E-state index contributed by atoms with van der Waals surface area (Å²) in [5, 5.41) is 3.58. The van der Waals surface area contributed by atoms with Crippen LogP contribution >= 0.6 is 11.9 Å². The standard InChI is InChI=1S/C28H33F2N3S/c1-2-14-34-32-27-5-3-4-22(15-27)19-31-12-13-33-20-23-8-11-26(30)17-24(23)18-28(33)16-21-6-9-25(29)10-7-21/h3-11,15,17,28,31-32H,2,12-14,16,18-20H2,1H3. The van der Waals surface area contributed by atoms with Crippen LogP contribution in [-0.2, 0) is 25.9 Å². The molecule has 1 aliphatic heterocycles. The first kappa shape index (κ1) is 24.7. The smallest absolute Gasteiger partial charge is 0.123 e. The van der Waals surface area contributed by atoms with E-state index in [1.807, 2.05) is 18.2 Å². The van der Waals surface area contributed by atoms with Gasteiger partial charge >= 0.3 is 0 Å².